The fraction of sp³-hybridized carbons (Fsp3) is 0.167. The molecule has 1 N–H and O–H groups in total. The Morgan fingerprint density at radius 2 is 1.81 bits per heavy atom. The number of rotatable bonds is 5. The van der Waals surface area contributed by atoms with Crippen LogP contribution in [0.4, 0.5) is 11.4 Å². The van der Waals surface area contributed by atoms with Gasteiger partial charge in [-0.05, 0) is 24.3 Å². The number of carbonyl (C=O) groups is 3. The molecule has 26 heavy (non-hydrogen) atoms. The maximum atomic E-state index is 12.3. The SMILES string of the molecule is O=C1CN(C(=O)COC(=O)COc2ccccc2Cl)c2ccccc2N1. The van der Waals surface area contributed by atoms with E-state index in [9.17, 15) is 14.4 Å². The van der Waals surface area contributed by atoms with Crippen molar-refractivity contribution in [3.63, 3.8) is 0 Å². The fourth-order valence-electron chi connectivity index (χ4n) is 2.42. The Hall–Kier alpha value is -3.06. The standard InChI is InChI=1S/C18H15ClN2O5/c19-12-5-1-4-8-15(12)25-11-18(24)26-10-17(23)21-9-16(22)20-13-6-2-3-7-14(13)21/h1-8H,9-11H2,(H,20,22). The van der Waals surface area contributed by atoms with Gasteiger partial charge in [0, 0.05) is 0 Å². The summed E-state index contributed by atoms with van der Waals surface area (Å²) in [7, 11) is 0. The van der Waals surface area contributed by atoms with Crippen molar-refractivity contribution in [1.29, 1.82) is 0 Å². The van der Waals surface area contributed by atoms with Crippen LogP contribution in [0.3, 0.4) is 0 Å². The summed E-state index contributed by atoms with van der Waals surface area (Å²) in [6.45, 7) is -1.01. The maximum Gasteiger partial charge on any atom is 0.344 e. The van der Waals surface area contributed by atoms with Crippen molar-refractivity contribution in [2.75, 3.05) is 30.0 Å². The zero-order chi connectivity index (χ0) is 18.5. The van der Waals surface area contributed by atoms with E-state index in [0.29, 0.717) is 22.1 Å². The Bertz CT molecular complexity index is 855. The predicted molar refractivity (Wildman–Crippen MR) is 95.3 cm³/mol. The summed E-state index contributed by atoms with van der Waals surface area (Å²) in [5, 5.41) is 3.05. The van der Waals surface area contributed by atoms with Crippen LogP contribution >= 0.6 is 11.6 Å². The number of fused-ring (bicyclic) bond motifs is 1. The quantitative estimate of drug-likeness (QED) is 0.811. The molecule has 7 nitrogen and oxygen atoms in total. The van der Waals surface area contributed by atoms with E-state index in [4.69, 9.17) is 21.1 Å². The normalized spacial score (nSPS) is 12.8. The van der Waals surface area contributed by atoms with Gasteiger partial charge in [0.25, 0.3) is 5.91 Å². The molecular formula is C18H15ClN2O5. The number of nitrogens with zero attached hydrogens (tertiary/aromatic N) is 1. The first kappa shape index (κ1) is 17.8. The van der Waals surface area contributed by atoms with Crippen molar-refractivity contribution in [2.24, 2.45) is 0 Å². The third-order valence-corrected chi connectivity index (χ3v) is 3.92. The molecule has 0 saturated heterocycles. The van der Waals surface area contributed by atoms with Crippen LogP contribution in [0.2, 0.25) is 5.02 Å². The number of nitrogens with one attached hydrogen (secondary N) is 1. The summed E-state index contributed by atoms with van der Waals surface area (Å²) in [6, 6.07) is 13.6. The molecule has 0 fully saturated rings. The molecule has 2 amide bonds. The number of esters is 1. The number of ether oxygens (including phenoxy) is 2. The van der Waals surface area contributed by atoms with Crippen molar-refractivity contribution in [3.8, 4) is 5.75 Å². The van der Waals surface area contributed by atoms with Gasteiger partial charge in [-0.3, -0.25) is 14.5 Å². The van der Waals surface area contributed by atoms with Crippen LogP contribution in [0, 0.1) is 0 Å². The Balaban J connectivity index is 1.55. The number of hydrogen-bond acceptors (Lipinski definition) is 5. The van der Waals surface area contributed by atoms with Crippen LogP contribution in [-0.2, 0) is 19.1 Å². The minimum atomic E-state index is -0.715. The van der Waals surface area contributed by atoms with Crippen LogP contribution in [0.1, 0.15) is 0 Å². The molecule has 2 aromatic carbocycles. The van der Waals surface area contributed by atoms with E-state index < -0.39 is 18.5 Å². The van der Waals surface area contributed by atoms with Gasteiger partial charge in [-0.15, -0.1) is 0 Å². The van der Waals surface area contributed by atoms with Gasteiger partial charge >= 0.3 is 5.97 Å². The summed E-state index contributed by atoms with van der Waals surface area (Å²) in [4.78, 5) is 37.1. The zero-order valence-electron chi connectivity index (χ0n) is 13.6. The van der Waals surface area contributed by atoms with Gasteiger partial charge in [-0.25, -0.2) is 4.79 Å². The second kappa shape index (κ2) is 7.88. The molecule has 0 unspecified atom stereocenters. The summed E-state index contributed by atoms with van der Waals surface area (Å²) >= 11 is 5.92. The molecule has 1 heterocycles. The predicted octanol–water partition coefficient (Wildman–Crippen LogP) is 2.25. The van der Waals surface area contributed by atoms with Crippen LogP contribution in [0.5, 0.6) is 5.75 Å². The highest BCUT2D eigenvalue weighted by Crippen LogP contribution is 2.28. The molecule has 0 aromatic heterocycles. The monoisotopic (exact) mass is 374 g/mol. The van der Waals surface area contributed by atoms with E-state index in [1.807, 2.05) is 0 Å². The van der Waals surface area contributed by atoms with Gasteiger partial charge in [-0.2, -0.15) is 0 Å². The Morgan fingerprint density at radius 3 is 2.62 bits per heavy atom. The largest absolute Gasteiger partial charge is 0.480 e. The highest BCUT2D eigenvalue weighted by molar-refractivity contribution is 6.32. The lowest BCUT2D eigenvalue weighted by Gasteiger charge is -2.28. The lowest BCUT2D eigenvalue weighted by Crippen LogP contribution is -2.44. The second-order valence-electron chi connectivity index (χ2n) is 5.42. The molecule has 8 heteroatoms. The summed E-state index contributed by atoms with van der Waals surface area (Å²) < 4.78 is 10.2. The molecule has 0 aliphatic carbocycles. The van der Waals surface area contributed by atoms with Gasteiger partial charge in [0.15, 0.2) is 13.2 Å². The molecule has 0 radical (unpaired) electrons. The summed E-state index contributed by atoms with van der Waals surface area (Å²) in [5.41, 5.74) is 1.09. The topological polar surface area (TPSA) is 84.9 Å². The first-order valence-corrected chi connectivity index (χ1v) is 8.14. The van der Waals surface area contributed by atoms with E-state index in [1.54, 1.807) is 48.5 Å². The van der Waals surface area contributed by atoms with Gasteiger partial charge in [0.1, 0.15) is 12.3 Å². The molecular weight excluding hydrogens is 360 g/mol. The molecule has 1 aliphatic rings. The summed E-state index contributed by atoms with van der Waals surface area (Å²) in [5.74, 6) is -1.18. The van der Waals surface area contributed by atoms with Crippen molar-refractivity contribution in [1.82, 2.24) is 0 Å². The Labute approximate surface area is 154 Å². The first-order valence-electron chi connectivity index (χ1n) is 7.77. The van der Waals surface area contributed by atoms with E-state index in [-0.39, 0.29) is 19.1 Å². The van der Waals surface area contributed by atoms with Crippen LogP contribution in [-0.4, -0.2) is 37.5 Å². The van der Waals surface area contributed by atoms with Crippen LogP contribution in [0.15, 0.2) is 48.5 Å². The molecule has 1 aliphatic heterocycles. The zero-order valence-corrected chi connectivity index (χ0v) is 14.4. The molecule has 0 bridgehead atoms. The molecule has 2 aromatic rings. The Morgan fingerprint density at radius 1 is 1.08 bits per heavy atom. The van der Waals surface area contributed by atoms with E-state index >= 15 is 0 Å². The number of carbonyl (C=O) groups excluding carboxylic acids is 3. The Kier molecular flexibility index (Phi) is 5.38. The second-order valence-corrected chi connectivity index (χ2v) is 5.83. The third kappa shape index (κ3) is 4.12. The number of amides is 2. The fourth-order valence-corrected chi connectivity index (χ4v) is 2.61. The number of anilines is 2. The van der Waals surface area contributed by atoms with E-state index in [1.165, 1.54) is 4.90 Å². The van der Waals surface area contributed by atoms with E-state index in [2.05, 4.69) is 5.32 Å². The van der Waals surface area contributed by atoms with Crippen LogP contribution < -0.4 is 15.0 Å². The van der Waals surface area contributed by atoms with Gasteiger partial charge < -0.3 is 14.8 Å². The minimum absolute atomic E-state index is 0.135. The summed E-state index contributed by atoms with van der Waals surface area (Å²) in [6.07, 6.45) is 0. The lowest BCUT2D eigenvalue weighted by molar-refractivity contribution is -0.149. The van der Waals surface area contributed by atoms with Crippen molar-refractivity contribution >= 4 is 40.8 Å². The van der Waals surface area contributed by atoms with Gasteiger partial charge in [-0.1, -0.05) is 35.9 Å². The third-order valence-electron chi connectivity index (χ3n) is 3.61. The minimum Gasteiger partial charge on any atom is -0.480 e. The highest BCUT2D eigenvalue weighted by Gasteiger charge is 2.27. The van der Waals surface area contributed by atoms with Crippen molar-refractivity contribution in [3.05, 3.63) is 53.6 Å². The lowest BCUT2D eigenvalue weighted by atomic mass is 10.2. The van der Waals surface area contributed by atoms with Crippen molar-refractivity contribution in [2.45, 2.75) is 0 Å². The highest BCUT2D eigenvalue weighted by atomic mass is 35.5. The smallest absolute Gasteiger partial charge is 0.344 e. The van der Waals surface area contributed by atoms with Crippen molar-refractivity contribution < 1.29 is 23.9 Å². The number of halogens is 1. The van der Waals surface area contributed by atoms with Gasteiger partial charge in [0.05, 0.1) is 16.4 Å². The average molecular weight is 375 g/mol. The number of benzene rings is 2. The molecule has 134 valence electrons. The number of para-hydroxylation sites is 3. The molecule has 0 atom stereocenters. The average Bonchev–Trinajstić information content (AvgIpc) is 2.64. The first-order chi connectivity index (χ1) is 12.5. The maximum absolute atomic E-state index is 12.3. The molecule has 0 saturated carbocycles. The van der Waals surface area contributed by atoms with Gasteiger partial charge in [0.2, 0.25) is 5.91 Å². The van der Waals surface area contributed by atoms with Crippen LogP contribution in [0.25, 0.3) is 0 Å². The number of hydrogen-bond donors (Lipinski definition) is 1. The van der Waals surface area contributed by atoms with E-state index in [0.717, 1.165) is 0 Å². The molecule has 3 rings (SSSR count). The molecule has 0 spiro atoms.